The van der Waals surface area contributed by atoms with E-state index in [1.54, 1.807) is 6.92 Å². The van der Waals surface area contributed by atoms with Gasteiger partial charge in [0.15, 0.2) is 0 Å². The average Bonchev–Trinajstić information content (AvgIpc) is 2.18. The van der Waals surface area contributed by atoms with Crippen LogP contribution < -0.4 is 10.5 Å². The van der Waals surface area contributed by atoms with Crippen molar-refractivity contribution in [1.29, 1.82) is 0 Å². The molecule has 0 bridgehead atoms. The van der Waals surface area contributed by atoms with Gasteiger partial charge in [0.1, 0.15) is 16.9 Å². The third-order valence-corrected chi connectivity index (χ3v) is 2.27. The molecule has 14 heavy (non-hydrogen) atoms. The number of hydrogen-bond donors (Lipinski definition) is 2. The first kappa shape index (κ1) is 11.2. The molecule has 4 nitrogen and oxygen atoms in total. The summed E-state index contributed by atoms with van der Waals surface area (Å²) in [4.78, 5) is 4.02. The minimum absolute atomic E-state index is 0.124. The molecule has 78 valence electrons. The molecular weight excluding hydrogens is 204 g/mol. The van der Waals surface area contributed by atoms with Crippen LogP contribution in [0.15, 0.2) is 6.20 Å². The lowest BCUT2D eigenvalue weighted by Crippen LogP contribution is -2.14. The van der Waals surface area contributed by atoms with Crippen LogP contribution in [0, 0.1) is 6.92 Å². The van der Waals surface area contributed by atoms with E-state index in [9.17, 15) is 5.11 Å². The smallest absolute Gasteiger partial charge is 0.143 e. The Morgan fingerprint density at radius 3 is 2.86 bits per heavy atom. The molecule has 1 unspecified atom stereocenters. The van der Waals surface area contributed by atoms with Crippen molar-refractivity contribution in [1.82, 2.24) is 4.98 Å². The fourth-order valence-electron chi connectivity index (χ4n) is 1.28. The lowest BCUT2D eigenvalue weighted by Gasteiger charge is -2.14. The van der Waals surface area contributed by atoms with Crippen LogP contribution in [-0.2, 0) is 0 Å². The monoisotopic (exact) mass is 216 g/mol. The van der Waals surface area contributed by atoms with Crippen LogP contribution in [0.4, 0.5) is 0 Å². The second kappa shape index (κ2) is 4.59. The lowest BCUT2D eigenvalue weighted by molar-refractivity contribution is 0.180. The quantitative estimate of drug-likeness (QED) is 0.793. The topological polar surface area (TPSA) is 68.4 Å². The van der Waals surface area contributed by atoms with E-state index in [1.165, 1.54) is 13.3 Å². The second-order valence-corrected chi connectivity index (χ2v) is 3.31. The fraction of sp³-hybridized carbons (Fsp3) is 0.444. The van der Waals surface area contributed by atoms with E-state index in [2.05, 4.69) is 4.98 Å². The SMILES string of the molecule is COc1c(Cl)cnc(C(O)CN)c1C. The van der Waals surface area contributed by atoms with E-state index in [0.717, 1.165) is 5.56 Å². The zero-order valence-corrected chi connectivity index (χ0v) is 8.88. The molecule has 0 saturated carbocycles. The highest BCUT2D eigenvalue weighted by atomic mass is 35.5. The van der Waals surface area contributed by atoms with Crippen molar-refractivity contribution in [2.45, 2.75) is 13.0 Å². The van der Waals surface area contributed by atoms with E-state index >= 15 is 0 Å². The standard InChI is InChI=1S/C9H13ClN2O2/c1-5-8(7(13)3-11)12-4-6(10)9(5)14-2/h4,7,13H,3,11H2,1-2H3. The molecule has 0 aliphatic carbocycles. The maximum atomic E-state index is 9.53. The van der Waals surface area contributed by atoms with Gasteiger partial charge in [0.05, 0.1) is 12.8 Å². The lowest BCUT2D eigenvalue weighted by atomic mass is 10.1. The number of methoxy groups -OCH3 is 1. The van der Waals surface area contributed by atoms with Gasteiger partial charge >= 0.3 is 0 Å². The molecular formula is C9H13ClN2O2. The molecule has 5 heteroatoms. The highest BCUT2D eigenvalue weighted by Crippen LogP contribution is 2.30. The molecule has 1 heterocycles. The summed E-state index contributed by atoms with van der Waals surface area (Å²) < 4.78 is 5.09. The van der Waals surface area contributed by atoms with Crippen LogP contribution in [0.25, 0.3) is 0 Å². The predicted octanol–water partition coefficient (Wildman–Crippen LogP) is 1.04. The number of ether oxygens (including phenoxy) is 1. The number of nitrogens with zero attached hydrogens (tertiary/aromatic N) is 1. The number of nitrogens with two attached hydrogens (primary N) is 1. The van der Waals surface area contributed by atoms with Crippen molar-refractivity contribution in [2.75, 3.05) is 13.7 Å². The van der Waals surface area contributed by atoms with Gasteiger partial charge in [-0.05, 0) is 6.92 Å². The third-order valence-electron chi connectivity index (χ3n) is 2.00. The number of aromatic nitrogens is 1. The summed E-state index contributed by atoms with van der Waals surface area (Å²) in [5.41, 5.74) is 6.57. The van der Waals surface area contributed by atoms with E-state index in [0.29, 0.717) is 16.5 Å². The van der Waals surface area contributed by atoms with Crippen molar-refractivity contribution >= 4 is 11.6 Å². The first-order valence-electron chi connectivity index (χ1n) is 4.19. The number of rotatable bonds is 3. The van der Waals surface area contributed by atoms with Crippen LogP contribution in [0.2, 0.25) is 5.02 Å². The normalized spacial score (nSPS) is 12.6. The van der Waals surface area contributed by atoms with Gasteiger partial charge in [0.2, 0.25) is 0 Å². The molecule has 0 saturated heterocycles. The predicted molar refractivity (Wildman–Crippen MR) is 54.6 cm³/mol. The summed E-state index contributed by atoms with van der Waals surface area (Å²) in [6.07, 6.45) is 0.669. The minimum Gasteiger partial charge on any atom is -0.495 e. The number of halogens is 1. The van der Waals surface area contributed by atoms with Crippen molar-refractivity contribution in [3.05, 3.63) is 22.5 Å². The molecule has 0 spiro atoms. The average molecular weight is 217 g/mol. The molecule has 0 fully saturated rings. The zero-order valence-electron chi connectivity index (χ0n) is 8.12. The Bertz CT molecular complexity index is 331. The first-order chi connectivity index (χ1) is 6.61. The van der Waals surface area contributed by atoms with Gasteiger partial charge in [-0.1, -0.05) is 11.6 Å². The molecule has 0 aliphatic rings. The maximum Gasteiger partial charge on any atom is 0.143 e. The van der Waals surface area contributed by atoms with Crippen molar-refractivity contribution in [3.63, 3.8) is 0 Å². The minimum atomic E-state index is -0.777. The molecule has 0 amide bonds. The van der Waals surface area contributed by atoms with Crippen molar-refractivity contribution in [2.24, 2.45) is 5.73 Å². The summed E-state index contributed by atoms with van der Waals surface area (Å²) in [7, 11) is 1.52. The summed E-state index contributed by atoms with van der Waals surface area (Å²) in [6.45, 7) is 1.91. The van der Waals surface area contributed by atoms with Gasteiger partial charge in [-0.3, -0.25) is 4.98 Å². The van der Waals surface area contributed by atoms with E-state index in [4.69, 9.17) is 22.1 Å². The molecule has 0 radical (unpaired) electrons. The second-order valence-electron chi connectivity index (χ2n) is 2.90. The van der Waals surface area contributed by atoms with Gasteiger partial charge in [0.25, 0.3) is 0 Å². The Balaban J connectivity index is 3.21. The van der Waals surface area contributed by atoms with Crippen LogP contribution in [0.1, 0.15) is 17.4 Å². The van der Waals surface area contributed by atoms with Crippen molar-refractivity contribution in [3.8, 4) is 5.75 Å². The van der Waals surface area contributed by atoms with Gasteiger partial charge < -0.3 is 15.6 Å². The van der Waals surface area contributed by atoms with Gasteiger partial charge in [-0.15, -0.1) is 0 Å². The fourth-order valence-corrected chi connectivity index (χ4v) is 1.54. The highest BCUT2D eigenvalue weighted by molar-refractivity contribution is 6.32. The molecule has 1 atom stereocenters. The van der Waals surface area contributed by atoms with E-state index in [-0.39, 0.29) is 6.54 Å². The molecule has 0 aromatic carbocycles. The Morgan fingerprint density at radius 1 is 1.71 bits per heavy atom. The zero-order chi connectivity index (χ0) is 10.7. The Hall–Kier alpha value is -0.840. The van der Waals surface area contributed by atoms with Crippen molar-refractivity contribution < 1.29 is 9.84 Å². The molecule has 0 aliphatic heterocycles. The van der Waals surface area contributed by atoms with Gasteiger partial charge in [-0.25, -0.2) is 0 Å². The largest absolute Gasteiger partial charge is 0.495 e. The highest BCUT2D eigenvalue weighted by Gasteiger charge is 2.15. The number of aliphatic hydroxyl groups is 1. The summed E-state index contributed by atoms with van der Waals surface area (Å²) in [5, 5.41) is 9.96. The van der Waals surface area contributed by atoms with Crippen LogP contribution in [0.5, 0.6) is 5.75 Å². The molecule has 3 N–H and O–H groups in total. The molecule has 1 rings (SSSR count). The number of aliphatic hydroxyl groups excluding tert-OH is 1. The maximum absolute atomic E-state index is 9.53. The molecule has 1 aromatic rings. The van der Waals surface area contributed by atoms with E-state index in [1.807, 2.05) is 0 Å². The number of hydrogen-bond acceptors (Lipinski definition) is 4. The third kappa shape index (κ3) is 1.97. The Kier molecular flexibility index (Phi) is 3.69. The summed E-state index contributed by atoms with van der Waals surface area (Å²) in [5.74, 6) is 0.532. The first-order valence-corrected chi connectivity index (χ1v) is 4.56. The van der Waals surface area contributed by atoms with Crippen LogP contribution >= 0.6 is 11.6 Å². The number of pyridine rings is 1. The Morgan fingerprint density at radius 2 is 2.36 bits per heavy atom. The van der Waals surface area contributed by atoms with Crippen LogP contribution in [0.3, 0.4) is 0 Å². The Labute approximate surface area is 87.7 Å². The van der Waals surface area contributed by atoms with Gasteiger partial charge in [-0.2, -0.15) is 0 Å². The van der Waals surface area contributed by atoms with E-state index < -0.39 is 6.10 Å². The van der Waals surface area contributed by atoms with Crippen LogP contribution in [-0.4, -0.2) is 23.7 Å². The van der Waals surface area contributed by atoms with Gasteiger partial charge in [0, 0.05) is 18.3 Å². The molecule has 1 aromatic heterocycles. The summed E-state index contributed by atoms with van der Waals surface area (Å²) in [6, 6.07) is 0. The summed E-state index contributed by atoms with van der Waals surface area (Å²) >= 11 is 5.85.